The summed E-state index contributed by atoms with van der Waals surface area (Å²) in [6, 6.07) is 2.01. The quantitative estimate of drug-likeness (QED) is 0.748. The van der Waals surface area contributed by atoms with E-state index in [2.05, 4.69) is 15.3 Å². The number of likely N-dealkylation sites (tertiary alicyclic amines) is 1. The van der Waals surface area contributed by atoms with Crippen LogP contribution in [0.4, 0.5) is 10.5 Å². The number of pyridine rings is 1. The molecule has 1 saturated heterocycles. The van der Waals surface area contributed by atoms with Gasteiger partial charge in [-0.3, -0.25) is 4.79 Å². The lowest BCUT2D eigenvalue weighted by Crippen LogP contribution is -2.47. The first kappa shape index (κ1) is 19.7. The number of piperidine rings is 1. The largest absolute Gasteiger partial charge is 0.444 e. The lowest BCUT2D eigenvalue weighted by atomic mass is 9.96. The highest BCUT2D eigenvalue weighted by Gasteiger charge is 2.46. The molecule has 2 aromatic rings. The molecule has 1 amide bonds. The van der Waals surface area contributed by atoms with Gasteiger partial charge in [0.1, 0.15) is 11.2 Å². The maximum atomic E-state index is 13.0. The minimum absolute atomic E-state index is 0.0937. The summed E-state index contributed by atoms with van der Waals surface area (Å²) in [5.41, 5.74) is 1.56. The van der Waals surface area contributed by atoms with Gasteiger partial charge >= 0.3 is 6.09 Å². The number of hydrogen-bond donors (Lipinski definition) is 2. The molecule has 7 nitrogen and oxygen atoms in total. The zero-order valence-corrected chi connectivity index (χ0v) is 17.7. The third kappa shape index (κ3) is 4.09. The Morgan fingerprint density at radius 3 is 2.79 bits per heavy atom. The fraction of sp³-hybridized carbons (Fsp3) is 0.591. The van der Waals surface area contributed by atoms with Crippen LogP contribution in [-0.2, 0) is 4.74 Å². The molecule has 1 unspecified atom stereocenters. The summed E-state index contributed by atoms with van der Waals surface area (Å²) in [6.45, 7) is 8.93. The molecule has 2 aromatic heterocycles. The highest BCUT2D eigenvalue weighted by atomic mass is 16.6. The van der Waals surface area contributed by atoms with E-state index < -0.39 is 5.60 Å². The molecule has 1 aliphatic heterocycles. The van der Waals surface area contributed by atoms with Gasteiger partial charge in [-0.05, 0) is 52.5 Å². The Labute approximate surface area is 171 Å². The third-order valence-corrected chi connectivity index (χ3v) is 5.80. The van der Waals surface area contributed by atoms with E-state index in [0.717, 1.165) is 36.8 Å². The van der Waals surface area contributed by atoms with Crippen LogP contribution in [0.2, 0.25) is 0 Å². The zero-order chi connectivity index (χ0) is 20.8. The molecule has 4 rings (SSSR count). The Morgan fingerprint density at radius 1 is 1.34 bits per heavy atom. The number of nitrogens with zero attached hydrogens (tertiary/aromatic N) is 2. The van der Waals surface area contributed by atoms with E-state index in [1.165, 1.54) is 0 Å². The van der Waals surface area contributed by atoms with Gasteiger partial charge in [-0.15, -0.1) is 0 Å². The lowest BCUT2D eigenvalue weighted by molar-refractivity contribution is 0.0206. The molecule has 0 radical (unpaired) electrons. The van der Waals surface area contributed by atoms with Gasteiger partial charge in [-0.25, -0.2) is 9.78 Å². The second-order valence-electron chi connectivity index (χ2n) is 9.58. The Balaban J connectivity index is 1.54. The number of amides is 1. The topological polar surface area (TPSA) is 87.3 Å². The van der Waals surface area contributed by atoms with Crippen LogP contribution in [0.15, 0.2) is 18.5 Å². The lowest BCUT2D eigenvalue weighted by Gasteiger charge is -2.35. The molecule has 7 heteroatoms. The Morgan fingerprint density at radius 2 is 2.10 bits per heavy atom. The van der Waals surface area contributed by atoms with Crippen molar-refractivity contribution in [2.24, 2.45) is 5.41 Å². The monoisotopic (exact) mass is 398 g/mol. The van der Waals surface area contributed by atoms with Gasteiger partial charge in [0.05, 0.1) is 5.39 Å². The molecule has 29 heavy (non-hydrogen) atoms. The number of carbonyl (C=O) groups is 2. The van der Waals surface area contributed by atoms with Gasteiger partial charge < -0.3 is 19.9 Å². The fourth-order valence-corrected chi connectivity index (χ4v) is 3.90. The number of fused-ring (bicyclic) bond motifs is 1. The van der Waals surface area contributed by atoms with Crippen LogP contribution in [0.5, 0.6) is 0 Å². The summed E-state index contributed by atoms with van der Waals surface area (Å²) in [7, 11) is 0. The smallest absolute Gasteiger partial charge is 0.410 e. The SMILES string of the molecule is CC(C)(C)OC(=O)N1CCCC(Nc2ccnc3[nH]cc(C(=O)C4(C)CC4)c23)C1. The van der Waals surface area contributed by atoms with Crippen LogP contribution in [0, 0.1) is 5.41 Å². The number of aromatic nitrogens is 2. The Kier molecular flexibility index (Phi) is 4.79. The molecule has 2 N–H and O–H groups in total. The molecule has 2 aliphatic rings. The van der Waals surface area contributed by atoms with Crippen LogP contribution < -0.4 is 5.32 Å². The van der Waals surface area contributed by atoms with Crippen molar-refractivity contribution in [1.29, 1.82) is 0 Å². The number of rotatable bonds is 4. The van der Waals surface area contributed by atoms with Crippen molar-refractivity contribution in [3.63, 3.8) is 0 Å². The summed E-state index contributed by atoms with van der Waals surface area (Å²) in [5, 5.41) is 4.41. The third-order valence-electron chi connectivity index (χ3n) is 5.80. The normalized spacial score (nSPS) is 21.1. The minimum Gasteiger partial charge on any atom is -0.444 e. The molecule has 3 heterocycles. The number of aromatic amines is 1. The van der Waals surface area contributed by atoms with E-state index in [9.17, 15) is 9.59 Å². The van der Waals surface area contributed by atoms with Gasteiger partial charge in [-0.2, -0.15) is 0 Å². The number of anilines is 1. The second kappa shape index (κ2) is 7.04. The average Bonchev–Trinajstić information content (AvgIpc) is 3.25. The Hall–Kier alpha value is -2.57. The van der Waals surface area contributed by atoms with Crippen LogP contribution in [0.3, 0.4) is 0 Å². The van der Waals surface area contributed by atoms with Crippen molar-refractivity contribution in [3.8, 4) is 0 Å². The number of ether oxygens (including phenoxy) is 1. The van der Waals surface area contributed by atoms with Gasteiger partial charge in [0.25, 0.3) is 0 Å². The van der Waals surface area contributed by atoms with Crippen molar-refractivity contribution in [1.82, 2.24) is 14.9 Å². The molecular weight excluding hydrogens is 368 g/mol. The number of ketones is 1. The highest BCUT2D eigenvalue weighted by Crippen LogP contribution is 2.48. The molecule has 0 bridgehead atoms. The Bertz CT molecular complexity index is 939. The van der Waals surface area contributed by atoms with E-state index in [1.54, 1.807) is 17.3 Å². The predicted molar refractivity (Wildman–Crippen MR) is 112 cm³/mol. The van der Waals surface area contributed by atoms with Crippen LogP contribution in [-0.4, -0.2) is 51.5 Å². The number of H-pyrrole nitrogens is 1. The second-order valence-corrected chi connectivity index (χ2v) is 9.58. The minimum atomic E-state index is -0.506. The molecule has 2 fully saturated rings. The standard InChI is InChI=1S/C22H30N4O3/c1-21(2,3)29-20(28)26-11-5-6-14(13-26)25-16-7-10-23-19-17(16)15(12-24-19)18(27)22(4)8-9-22/h7,10,12,14H,5-6,8-9,11,13H2,1-4H3,(H2,23,24,25). The maximum Gasteiger partial charge on any atom is 0.410 e. The van der Waals surface area contributed by atoms with Gasteiger partial charge in [-0.1, -0.05) is 6.92 Å². The van der Waals surface area contributed by atoms with Crippen molar-refractivity contribution >= 4 is 28.6 Å². The number of nitrogens with one attached hydrogen (secondary N) is 2. The first-order valence-corrected chi connectivity index (χ1v) is 10.4. The summed E-state index contributed by atoms with van der Waals surface area (Å²) in [4.78, 5) is 34.7. The van der Waals surface area contributed by atoms with E-state index in [4.69, 9.17) is 4.74 Å². The summed E-state index contributed by atoms with van der Waals surface area (Å²) >= 11 is 0. The number of carbonyl (C=O) groups excluding carboxylic acids is 2. The molecule has 1 atom stereocenters. The van der Waals surface area contributed by atoms with Gasteiger partial charge in [0, 0.05) is 48.2 Å². The summed E-state index contributed by atoms with van der Waals surface area (Å²) in [5.74, 6) is 0.179. The number of hydrogen-bond acceptors (Lipinski definition) is 5. The molecule has 0 aromatic carbocycles. The van der Waals surface area contributed by atoms with Crippen molar-refractivity contribution in [3.05, 3.63) is 24.0 Å². The zero-order valence-electron chi connectivity index (χ0n) is 17.7. The van der Waals surface area contributed by atoms with Crippen molar-refractivity contribution < 1.29 is 14.3 Å². The first-order chi connectivity index (χ1) is 13.7. The van der Waals surface area contributed by atoms with E-state index >= 15 is 0 Å². The van der Waals surface area contributed by atoms with Crippen molar-refractivity contribution in [2.75, 3.05) is 18.4 Å². The predicted octanol–water partition coefficient (Wildman–Crippen LogP) is 4.36. The molecule has 1 aliphatic carbocycles. The summed E-state index contributed by atoms with van der Waals surface area (Å²) < 4.78 is 5.53. The average molecular weight is 399 g/mol. The molecule has 1 saturated carbocycles. The highest BCUT2D eigenvalue weighted by molar-refractivity contribution is 6.14. The van der Waals surface area contributed by atoms with E-state index in [-0.39, 0.29) is 23.3 Å². The van der Waals surface area contributed by atoms with Crippen LogP contribution in [0.25, 0.3) is 11.0 Å². The first-order valence-electron chi connectivity index (χ1n) is 10.4. The fourth-order valence-electron chi connectivity index (χ4n) is 3.90. The summed E-state index contributed by atoms with van der Waals surface area (Å²) in [6.07, 6.45) is 6.98. The van der Waals surface area contributed by atoms with E-state index in [0.29, 0.717) is 24.3 Å². The number of Topliss-reactive ketones (excluding diaryl/α,β-unsaturated/α-hetero) is 1. The van der Waals surface area contributed by atoms with Crippen molar-refractivity contribution in [2.45, 2.75) is 65.0 Å². The van der Waals surface area contributed by atoms with Gasteiger partial charge in [0.15, 0.2) is 5.78 Å². The maximum absolute atomic E-state index is 13.0. The van der Waals surface area contributed by atoms with Gasteiger partial charge in [0.2, 0.25) is 0 Å². The van der Waals surface area contributed by atoms with Crippen LogP contribution in [0.1, 0.15) is 63.7 Å². The molecular formula is C22H30N4O3. The van der Waals surface area contributed by atoms with E-state index in [1.807, 2.05) is 33.8 Å². The van der Waals surface area contributed by atoms with Crippen LogP contribution >= 0.6 is 0 Å². The molecule has 156 valence electrons. The molecule has 0 spiro atoms.